The number of nitrogens with zero attached hydrogens (tertiary/aromatic N) is 1. The van der Waals surface area contributed by atoms with E-state index in [4.69, 9.17) is 4.74 Å². The molecule has 2 unspecified atom stereocenters. The minimum Gasteiger partial charge on any atom is -0.490 e. The molecule has 2 aromatic rings. The normalized spacial score (nSPS) is 18.8. The molecule has 5 nitrogen and oxygen atoms in total. The van der Waals surface area contributed by atoms with Crippen molar-refractivity contribution in [1.82, 2.24) is 4.90 Å². The molecular weight excluding hydrogens is 366 g/mol. The molecule has 0 bridgehead atoms. The van der Waals surface area contributed by atoms with Crippen LogP contribution < -0.4 is 10.1 Å². The fourth-order valence-electron chi connectivity index (χ4n) is 3.29. The van der Waals surface area contributed by atoms with Gasteiger partial charge >= 0.3 is 0 Å². The van der Waals surface area contributed by atoms with Crippen molar-refractivity contribution in [3.63, 3.8) is 0 Å². The van der Waals surface area contributed by atoms with Crippen molar-refractivity contribution in [3.8, 4) is 5.75 Å². The summed E-state index contributed by atoms with van der Waals surface area (Å²) in [4.78, 5) is 26.8. The van der Waals surface area contributed by atoms with Gasteiger partial charge in [0.2, 0.25) is 11.8 Å². The van der Waals surface area contributed by atoms with Gasteiger partial charge < -0.3 is 15.0 Å². The molecule has 2 aromatic carbocycles. The van der Waals surface area contributed by atoms with Crippen LogP contribution in [0.2, 0.25) is 0 Å². The summed E-state index contributed by atoms with van der Waals surface area (Å²) in [6, 6.07) is 10.6. The van der Waals surface area contributed by atoms with Crippen LogP contribution >= 0.6 is 0 Å². The van der Waals surface area contributed by atoms with Crippen LogP contribution in [0.1, 0.15) is 11.5 Å². The van der Waals surface area contributed by atoms with Crippen molar-refractivity contribution in [2.24, 2.45) is 5.92 Å². The van der Waals surface area contributed by atoms with E-state index in [9.17, 15) is 18.4 Å². The molecule has 7 heteroatoms. The lowest BCUT2D eigenvalue weighted by Gasteiger charge is -2.18. The second kappa shape index (κ2) is 8.21. The van der Waals surface area contributed by atoms with Crippen LogP contribution in [0.3, 0.4) is 0 Å². The van der Waals surface area contributed by atoms with Crippen molar-refractivity contribution in [2.75, 3.05) is 25.5 Å². The quantitative estimate of drug-likeness (QED) is 0.612. The summed E-state index contributed by atoms with van der Waals surface area (Å²) in [6.07, 6.45) is 1.61. The number of amides is 2. The highest BCUT2D eigenvalue weighted by molar-refractivity contribution is 6.08. The molecule has 0 spiro atoms. The van der Waals surface area contributed by atoms with Crippen LogP contribution in [0.5, 0.6) is 5.75 Å². The van der Waals surface area contributed by atoms with Gasteiger partial charge in [-0.1, -0.05) is 30.9 Å². The molecule has 1 aliphatic rings. The predicted octanol–water partition coefficient (Wildman–Crippen LogP) is 3.34. The number of hydrogen-bond acceptors (Lipinski definition) is 3. The van der Waals surface area contributed by atoms with E-state index in [1.54, 1.807) is 37.4 Å². The third kappa shape index (κ3) is 3.88. The minimum atomic E-state index is -1.16. The summed E-state index contributed by atoms with van der Waals surface area (Å²) in [6.45, 7) is 4.25. The van der Waals surface area contributed by atoms with E-state index in [2.05, 4.69) is 11.9 Å². The van der Waals surface area contributed by atoms with Gasteiger partial charge in [0.25, 0.3) is 0 Å². The minimum absolute atomic E-state index is 0.297. The molecule has 28 heavy (non-hydrogen) atoms. The largest absolute Gasteiger partial charge is 0.490 e. The van der Waals surface area contributed by atoms with Crippen molar-refractivity contribution in [2.45, 2.75) is 5.92 Å². The third-order valence-electron chi connectivity index (χ3n) is 4.66. The number of anilines is 1. The Kier molecular flexibility index (Phi) is 5.73. The fourth-order valence-corrected chi connectivity index (χ4v) is 3.29. The fraction of sp³-hybridized carbons (Fsp3) is 0.238. The zero-order valence-electron chi connectivity index (χ0n) is 15.3. The van der Waals surface area contributed by atoms with Crippen LogP contribution in [-0.4, -0.2) is 36.9 Å². The molecule has 2 amide bonds. The highest BCUT2D eigenvalue weighted by atomic mass is 19.2. The van der Waals surface area contributed by atoms with Gasteiger partial charge in [-0.25, -0.2) is 8.78 Å². The van der Waals surface area contributed by atoms with E-state index in [1.807, 2.05) is 0 Å². The number of benzene rings is 2. The maximum Gasteiger partial charge on any atom is 0.237 e. The molecule has 1 N–H and O–H groups in total. The second-order valence-electron chi connectivity index (χ2n) is 6.57. The Morgan fingerprint density at radius 2 is 2.07 bits per heavy atom. The van der Waals surface area contributed by atoms with Crippen LogP contribution in [0.15, 0.2) is 55.1 Å². The van der Waals surface area contributed by atoms with Crippen LogP contribution in [0, 0.1) is 17.6 Å². The van der Waals surface area contributed by atoms with Gasteiger partial charge in [-0.2, -0.15) is 0 Å². The molecule has 1 saturated heterocycles. The molecule has 0 aromatic heterocycles. The maximum absolute atomic E-state index is 13.9. The average molecular weight is 386 g/mol. The molecule has 1 heterocycles. The summed E-state index contributed by atoms with van der Waals surface area (Å²) in [5, 5.41) is 2.35. The molecule has 146 valence electrons. The number of rotatable bonds is 6. The van der Waals surface area contributed by atoms with Crippen molar-refractivity contribution < 1.29 is 23.1 Å². The Hall–Kier alpha value is -3.22. The van der Waals surface area contributed by atoms with E-state index < -0.39 is 29.4 Å². The lowest BCUT2D eigenvalue weighted by atomic mass is 9.87. The molecule has 0 radical (unpaired) electrons. The number of carbonyl (C=O) groups excluding carboxylic acids is 2. The van der Waals surface area contributed by atoms with Gasteiger partial charge in [0, 0.05) is 19.5 Å². The summed E-state index contributed by atoms with van der Waals surface area (Å²) in [5.74, 6) is -4.20. The van der Waals surface area contributed by atoms with Gasteiger partial charge in [0.1, 0.15) is 18.3 Å². The number of halogens is 2. The first-order valence-electron chi connectivity index (χ1n) is 8.76. The van der Waals surface area contributed by atoms with Gasteiger partial charge in [-0.05, 0) is 29.8 Å². The van der Waals surface area contributed by atoms with Crippen molar-refractivity contribution >= 4 is 17.5 Å². The predicted molar refractivity (Wildman–Crippen MR) is 101 cm³/mol. The smallest absolute Gasteiger partial charge is 0.237 e. The first-order valence-corrected chi connectivity index (χ1v) is 8.76. The van der Waals surface area contributed by atoms with Gasteiger partial charge in [-0.3, -0.25) is 9.59 Å². The number of likely N-dealkylation sites (tertiary alicyclic amines) is 1. The number of carbonyl (C=O) groups is 2. The second-order valence-corrected chi connectivity index (χ2v) is 6.57. The highest BCUT2D eigenvalue weighted by Gasteiger charge is 2.44. The Balaban J connectivity index is 1.87. The van der Waals surface area contributed by atoms with E-state index in [1.165, 1.54) is 17.0 Å². The third-order valence-corrected chi connectivity index (χ3v) is 4.66. The number of nitrogens with one attached hydrogen (secondary N) is 1. The molecule has 0 saturated carbocycles. The molecular formula is C21H20F2N2O3. The summed E-state index contributed by atoms with van der Waals surface area (Å²) < 4.78 is 32.8. The first-order chi connectivity index (χ1) is 13.4. The van der Waals surface area contributed by atoms with E-state index >= 15 is 0 Å². The Labute approximate surface area is 161 Å². The van der Waals surface area contributed by atoms with Gasteiger partial charge in [0.05, 0.1) is 5.69 Å². The monoisotopic (exact) mass is 386 g/mol. The lowest BCUT2D eigenvalue weighted by molar-refractivity contribution is -0.135. The zero-order chi connectivity index (χ0) is 20.3. The average Bonchev–Trinajstić information content (AvgIpc) is 2.99. The van der Waals surface area contributed by atoms with E-state index in [-0.39, 0.29) is 11.6 Å². The Morgan fingerprint density at radius 3 is 2.82 bits per heavy atom. The van der Waals surface area contributed by atoms with Crippen molar-refractivity contribution in [3.05, 3.63) is 72.3 Å². The number of hydrogen-bond donors (Lipinski definition) is 1. The topological polar surface area (TPSA) is 58.6 Å². The van der Waals surface area contributed by atoms with Crippen LogP contribution in [0.4, 0.5) is 14.5 Å². The standard InChI is InChI=1S/C21H20F2N2O3/c1-3-10-28-14-7-4-6-13(11-14)15-12-25(2)21(27)18(15)20(26)24-17-9-5-8-16(22)19(17)23/h3-9,11,15,18H,1,10,12H2,2H3,(H,24,26). The van der Waals surface area contributed by atoms with E-state index in [0.29, 0.717) is 18.9 Å². The molecule has 1 fully saturated rings. The van der Waals surface area contributed by atoms with Gasteiger partial charge in [-0.15, -0.1) is 0 Å². The summed E-state index contributed by atoms with van der Waals surface area (Å²) in [7, 11) is 1.60. The molecule has 1 aliphatic heterocycles. The maximum atomic E-state index is 13.9. The molecule has 3 rings (SSSR count). The van der Waals surface area contributed by atoms with Crippen LogP contribution in [0.25, 0.3) is 0 Å². The van der Waals surface area contributed by atoms with Crippen molar-refractivity contribution in [1.29, 1.82) is 0 Å². The molecule has 2 atom stereocenters. The highest BCUT2D eigenvalue weighted by Crippen LogP contribution is 2.35. The number of likely N-dealkylation sites (N-methyl/N-ethyl adjacent to an activating group) is 1. The number of ether oxygens (including phenoxy) is 1. The SMILES string of the molecule is C=CCOc1cccc(C2CN(C)C(=O)C2C(=O)Nc2cccc(F)c2F)c1. The van der Waals surface area contributed by atoms with Crippen LogP contribution in [-0.2, 0) is 9.59 Å². The Morgan fingerprint density at radius 1 is 1.32 bits per heavy atom. The Bertz CT molecular complexity index is 916. The summed E-state index contributed by atoms with van der Waals surface area (Å²) in [5.41, 5.74) is 0.452. The molecule has 0 aliphatic carbocycles. The zero-order valence-corrected chi connectivity index (χ0v) is 15.3. The summed E-state index contributed by atoms with van der Waals surface area (Å²) >= 11 is 0. The first kappa shape index (κ1) is 19.5. The van der Waals surface area contributed by atoms with Gasteiger partial charge in [0.15, 0.2) is 11.6 Å². The lowest BCUT2D eigenvalue weighted by Crippen LogP contribution is -2.33. The van der Waals surface area contributed by atoms with E-state index in [0.717, 1.165) is 11.6 Å².